The molecule has 0 aliphatic carbocycles. The Morgan fingerprint density at radius 1 is 1.03 bits per heavy atom. The maximum atomic E-state index is 13.0. The molecule has 0 aliphatic rings. The highest BCUT2D eigenvalue weighted by atomic mass is 32.2. The Kier molecular flexibility index (Phi) is 5.52. The van der Waals surface area contributed by atoms with Crippen LogP contribution in [0.1, 0.15) is 11.3 Å². The summed E-state index contributed by atoms with van der Waals surface area (Å²) in [7, 11) is -4.09. The molecule has 0 saturated carbocycles. The van der Waals surface area contributed by atoms with Gasteiger partial charge in [0.05, 0.1) is 11.4 Å². The van der Waals surface area contributed by atoms with Gasteiger partial charge in [-0.3, -0.25) is 0 Å². The molecule has 0 amide bonds. The highest BCUT2D eigenvalue weighted by Gasteiger charge is 2.16. The lowest BCUT2D eigenvalue weighted by molar-refractivity contribution is 0.486. The summed E-state index contributed by atoms with van der Waals surface area (Å²) in [6.45, 7) is 1.88. The van der Waals surface area contributed by atoms with Crippen molar-refractivity contribution < 1.29 is 17.0 Å². The smallest absolute Gasteiger partial charge is 0.339 e. The molecule has 1 aromatic heterocycles. The summed E-state index contributed by atoms with van der Waals surface area (Å²) in [5.74, 6) is 0.0641. The first-order chi connectivity index (χ1) is 14.9. The van der Waals surface area contributed by atoms with E-state index in [4.69, 9.17) is 4.18 Å². The molecule has 1 heterocycles. The summed E-state index contributed by atoms with van der Waals surface area (Å²) in [4.78, 5) is 4.31. The summed E-state index contributed by atoms with van der Waals surface area (Å²) in [5.41, 5.74) is 2.28. The Bertz CT molecular complexity index is 1320. The van der Waals surface area contributed by atoms with Gasteiger partial charge in [0.1, 0.15) is 10.7 Å². The zero-order chi connectivity index (χ0) is 21.8. The van der Waals surface area contributed by atoms with Crippen molar-refractivity contribution in [3.8, 4) is 11.4 Å². The number of hydrogen-bond donors (Lipinski definition) is 0. The Morgan fingerprint density at radius 2 is 1.77 bits per heavy atom. The maximum Gasteiger partial charge on any atom is 0.339 e. The van der Waals surface area contributed by atoms with E-state index < -0.39 is 15.9 Å². The third-order valence-electron chi connectivity index (χ3n) is 4.20. The normalized spacial score (nSPS) is 11.4. The van der Waals surface area contributed by atoms with E-state index in [0.717, 1.165) is 35.6 Å². The van der Waals surface area contributed by atoms with Crippen molar-refractivity contribution in [1.82, 2.24) is 9.78 Å². The molecular formula is C23H16FN3O3S. The van der Waals surface area contributed by atoms with Crippen LogP contribution in [0.4, 0.5) is 10.2 Å². The predicted octanol–water partition coefficient (Wildman–Crippen LogP) is 4.44. The van der Waals surface area contributed by atoms with Gasteiger partial charge in [0, 0.05) is 17.8 Å². The molecule has 0 atom stereocenters. The average Bonchev–Trinajstić information content (AvgIpc) is 3.14. The van der Waals surface area contributed by atoms with Gasteiger partial charge in [-0.05, 0) is 61.5 Å². The minimum Gasteiger partial charge on any atom is -0.370 e. The van der Waals surface area contributed by atoms with Crippen LogP contribution >= 0.6 is 0 Å². The maximum absolute atomic E-state index is 13.0. The van der Waals surface area contributed by atoms with Crippen LogP contribution in [0.5, 0.6) is 5.75 Å². The van der Waals surface area contributed by atoms with E-state index in [1.165, 1.54) is 6.07 Å². The summed E-state index contributed by atoms with van der Waals surface area (Å²) in [6, 6.07) is 24.3. The van der Waals surface area contributed by atoms with Gasteiger partial charge in [-0.1, -0.05) is 24.3 Å². The Balaban J connectivity index is 1.51. The molecule has 31 heavy (non-hydrogen) atoms. The van der Waals surface area contributed by atoms with Crippen LogP contribution in [-0.2, 0) is 10.1 Å². The summed E-state index contributed by atoms with van der Waals surface area (Å²) >= 11 is 0. The van der Waals surface area contributed by atoms with Gasteiger partial charge in [-0.25, -0.2) is 14.1 Å². The summed E-state index contributed by atoms with van der Waals surface area (Å²) in [6.07, 6.45) is 1.57. The van der Waals surface area contributed by atoms with E-state index in [0.29, 0.717) is 11.4 Å². The monoisotopic (exact) mass is 433 g/mol. The number of hydrogen-bond acceptors (Lipinski definition) is 5. The third-order valence-corrected chi connectivity index (χ3v) is 5.44. The topological polar surface area (TPSA) is 73.5 Å². The lowest BCUT2D eigenvalue weighted by atomic mass is 10.3. The first kappa shape index (κ1) is 20.3. The van der Waals surface area contributed by atoms with E-state index in [-0.39, 0.29) is 10.6 Å². The summed E-state index contributed by atoms with van der Waals surface area (Å²) in [5, 5.41) is 4.46. The quantitative estimate of drug-likeness (QED) is 0.333. The Hall–Kier alpha value is -3.96. The largest absolute Gasteiger partial charge is 0.370 e. The van der Waals surface area contributed by atoms with Crippen LogP contribution in [0.25, 0.3) is 5.69 Å². The number of aromatic nitrogens is 2. The molecule has 0 fully saturated rings. The van der Waals surface area contributed by atoms with E-state index in [1.54, 1.807) is 17.0 Å². The number of para-hydroxylation sites is 1. The van der Waals surface area contributed by atoms with Crippen LogP contribution in [-0.4, -0.2) is 24.4 Å². The molecule has 8 heteroatoms. The minimum atomic E-state index is -4.09. The standard InChI is InChI=1S/C23H16FN3O3S/c1-17-15-23(27(26-17)20-5-3-2-4-6-20)25-16-18-7-11-21(12-8-18)30-31(28,29)22-13-9-19(24)10-14-22/h2-7,9-11,13-16H,1H3. The van der Waals surface area contributed by atoms with Crippen LogP contribution in [0.3, 0.4) is 0 Å². The molecular weight excluding hydrogens is 417 g/mol. The number of nitrogens with zero attached hydrogens (tertiary/aromatic N) is 3. The van der Waals surface area contributed by atoms with Crippen LogP contribution in [0, 0.1) is 24.9 Å². The fourth-order valence-corrected chi connectivity index (χ4v) is 3.65. The highest BCUT2D eigenvalue weighted by molar-refractivity contribution is 7.87. The molecule has 0 N–H and O–H groups in total. The average molecular weight is 433 g/mol. The second-order valence-corrected chi connectivity index (χ2v) is 8.09. The van der Waals surface area contributed by atoms with E-state index in [1.807, 2.05) is 43.3 Å². The molecule has 3 aromatic carbocycles. The first-order valence-corrected chi connectivity index (χ1v) is 10.6. The van der Waals surface area contributed by atoms with Gasteiger partial charge in [0.15, 0.2) is 11.6 Å². The van der Waals surface area contributed by atoms with Crippen molar-refractivity contribution in [3.63, 3.8) is 0 Å². The zero-order valence-corrected chi connectivity index (χ0v) is 17.2. The van der Waals surface area contributed by atoms with Gasteiger partial charge >= 0.3 is 10.1 Å². The molecule has 4 aromatic rings. The predicted molar refractivity (Wildman–Crippen MR) is 114 cm³/mol. The van der Waals surface area contributed by atoms with Gasteiger partial charge in [0.2, 0.25) is 0 Å². The molecule has 4 rings (SSSR count). The number of rotatable bonds is 6. The fourth-order valence-electron chi connectivity index (χ4n) is 2.75. The van der Waals surface area contributed by atoms with Crippen molar-refractivity contribution in [2.24, 2.45) is 4.99 Å². The minimum absolute atomic E-state index is 0.0355. The Labute approximate surface area is 179 Å². The lowest BCUT2D eigenvalue weighted by Gasteiger charge is -2.05. The van der Waals surface area contributed by atoms with Crippen molar-refractivity contribution in [2.75, 3.05) is 0 Å². The first-order valence-electron chi connectivity index (χ1n) is 9.21. The van der Waals surface area contributed by atoms with Crippen LogP contribution in [0.15, 0.2) is 82.7 Å². The molecule has 6 nitrogen and oxygen atoms in total. The van der Waals surface area contributed by atoms with Crippen molar-refractivity contribution in [1.29, 1.82) is 0 Å². The molecule has 0 unspecified atom stereocenters. The number of halogens is 1. The zero-order valence-electron chi connectivity index (χ0n) is 16.4. The van der Waals surface area contributed by atoms with Crippen LogP contribution < -0.4 is 4.18 Å². The SMILES string of the molecule is Cc1cc(N=Cc2c#cc(OS(=O)(=O)c3ccc(F)cc3)cc2)n(-c2ccccc2)n1. The molecule has 0 spiro atoms. The fraction of sp³-hybridized carbons (Fsp3) is 0.0435. The summed E-state index contributed by atoms with van der Waals surface area (Å²) < 4.78 is 44.3. The van der Waals surface area contributed by atoms with Crippen molar-refractivity contribution in [2.45, 2.75) is 11.8 Å². The van der Waals surface area contributed by atoms with E-state index >= 15 is 0 Å². The molecule has 0 aliphatic heterocycles. The highest BCUT2D eigenvalue weighted by Crippen LogP contribution is 2.20. The molecule has 0 radical (unpaired) electrons. The molecule has 0 saturated heterocycles. The molecule has 154 valence electrons. The lowest BCUT2D eigenvalue weighted by Crippen LogP contribution is -2.09. The van der Waals surface area contributed by atoms with Gasteiger partial charge in [0.25, 0.3) is 0 Å². The molecule has 0 bridgehead atoms. The van der Waals surface area contributed by atoms with Gasteiger partial charge in [-0.15, -0.1) is 0 Å². The van der Waals surface area contributed by atoms with Crippen molar-refractivity contribution in [3.05, 3.63) is 102 Å². The van der Waals surface area contributed by atoms with Crippen LogP contribution in [0.2, 0.25) is 0 Å². The van der Waals surface area contributed by atoms with E-state index in [9.17, 15) is 12.8 Å². The number of benzene rings is 2. The van der Waals surface area contributed by atoms with Gasteiger partial charge < -0.3 is 4.18 Å². The number of aliphatic imine (C=N–C) groups is 1. The third kappa shape index (κ3) is 4.79. The van der Waals surface area contributed by atoms with Crippen molar-refractivity contribution >= 4 is 22.2 Å². The van der Waals surface area contributed by atoms with E-state index in [2.05, 4.69) is 22.2 Å². The second-order valence-electron chi connectivity index (χ2n) is 6.54. The van der Waals surface area contributed by atoms with Gasteiger partial charge in [-0.2, -0.15) is 13.5 Å². The number of aryl methyl sites for hydroxylation is 1. The Morgan fingerprint density at radius 3 is 2.45 bits per heavy atom. The second kappa shape index (κ2) is 8.42.